The standard InChI is InChI=1S/C12H18N2S/c1-2-7-13-12(10-5-3-4-6-10)11-8-15-9-14-11/h5,8-9,12-13H,2-4,6-7H2,1H3. The molecule has 1 aliphatic carbocycles. The van der Waals surface area contributed by atoms with Crippen LogP contribution in [0.3, 0.4) is 0 Å². The summed E-state index contributed by atoms with van der Waals surface area (Å²) in [6, 6.07) is 0.374. The molecule has 1 aromatic rings. The van der Waals surface area contributed by atoms with Gasteiger partial charge >= 0.3 is 0 Å². The molecule has 2 nitrogen and oxygen atoms in total. The van der Waals surface area contributed by atoms with Gasteiger partial charge in [-0.25, -0.2) is 4.98 Å². The van der Waals surface area contributed by atoms with E-state index in [2.05, 4.69) is 28.7 Å². The van der Waals surface area contributed by atoms with E-state index in [4.69, 9.17) is 0 Å². The highest BCUT2D eigenvalue weighted by molar-refractivity contribution is 7.07. The van der Waals surface area contributed by atoms with Crippen molar-refractivity contribution in [3.05, 3.63) is 28.2 Å². The normalized spacial score (nSPS) is 17.8. The summed E-state index contributed by atoms with van der Waals surface area (Å²) in [7, 11) is 0. The third-order valence-corrected chi connectivity index (χ3v) is 3.40. The largest absolute Gasteiger partial charge is 0.305 e. The van der Waals surface area contributed by atoms with Crippen LogP contribution in [0.15, 0.2) is 22.5 Å². The fourth-order valence-electron chi connectivity index (χ4n) is 2.04. The summed E-state index contributed by atoms with van der Waals surface area (Å²) < 4.78 is 0. The second kappa shape index (κ2) is 5.42. The minimum Gasteiger partial charge on any atom is -0.305 e. The Morgan fingerprint density at radius 2 is 2.53 bits per heavy atom. The van der Waals surface area contributed by atoms with Crippen LogP contribution in [0.2, 0.25) is 0 Å². The molecular weight excluding hydrogens is 204 g/mol. The highest BCUT2D eigenvalue weighted by Crippen LogP contribution is 2.30. The fourth-order valence-corrected chi connectivity index (χ4v) is 2.62. The molecule has 1 aromatic heterocycles. The Morgan fingerprint density at radius 1 is 1.60 bits per heavy atom. The van der Waals surface area contributed by atoms with Gasteiger partial charge in [-0.05, 0) is 32.2 Å². The quantitative estimate of drug-likeness (QED) is 0.773. The molecule has 0 radical (unpaired) electrons. The Kier molecular flexibility index (Phi) is 3.92. The number of nitrogens with one attached hydrogen (secondary N) is 1. The van der Waals surface area contributed by atoms with Gasteiger partial charge in [0.1, 0.15) is 0 Å². The number of thiazole rings is 1. The lowest BCUT2D eigenvalue weighted by Gasteiger charge is -2.17. The molecule has 82 valence electrons. The number of aromatic nitrogens is 1. The van der Waals surface area contributed by atoms with E-state index in [1.807, 2.05) is 5.51 Å². The van der Waals surface area contributed by atoms with E-state index in [0.29, 0.717) is 6.04 Å². The monoisotopic (exact) mass is 222 g/mol. The molecule has 0 amide bonds. The third-order valence-electron chi connectivity index (χ3n) is 2.79. The predicted molar refractivity (Wildman–Crippen MR) is 65.1 cm³/mol. The fraction of sp³-hybridized carbons (Fsp3) is 0.583. The maximum absolute atomic E-state index is 4.43. The molecule has 1 atom stereocenters. The Bertz CT molecular complexity index is 316. The van der Waals surface area contributed by atoms with Gasteiger partial charge in [-0.15, -0.1) is 11.3 Å². The van der Waals surface area contributed by atoms with Gasteiger partial charge in [0, 0.05) is 5.38 Å². The van der Waals surface area contributed by atoms with Crippen molar-refractivity contribution in [3.8, 4) is 0 Å². The van der Waals surface area contributed by atoms with Crippen molar-refractivity contribution in [2.75, 3.05) is 6.54 Å². The molecule has 0 saturated heterocycles. The predicted octanol–water partition coefficient (Wildman–Crippen LogP) is 3.29. The highest BCUT2D eigenvalue weighted by atomic mass is 32.1. The van der Waals surface area contributed by atoms with Crippen LogP contribution in [0.1, 0.15) is 44.3 Å². The van der Waals surface area contributed by atoms with E-state index in [-0.39, 0.29) is 0 Å². The Morgan fingerprint density at radius 3 is 3.13 bits per heavy atom. The molecule has 1 unspecified atom stereocenters. The smallest absolute Gasteiger partial charge is 0.0795 e. The van der Waals surface area contributed by atoms with Gasteiger partial charge in [-0.2, -0.15) is 0 Å². The first-order valence-corrected chi connectivity index (χ1v) is 6.66. The zero-order chi connectivity index (χ0) is 10.5. The molecular formula is C12H18N2S. The summed E-state index contributed by atoms with van der Waals surface area (Å²) >= 11 is 1.68. The van der Waals surface area contributed by atoms with E-state index >= 15 is 0 Å². The molecule has 1 heterocycles. The molecule has 3 heteroatoms. The van der Waals surface area contributed by atoms with Crippen LogP contribution in [0.4, 0.5) is 0 Å². The van der Waals surface area contributed by atoms with Crippen molar-refractivity contribution >= 4 is 11.3 Å². The number of nitrogens with zero attached hydrogens (tertiary/aromatic N) is 1. The lowest BCUT2D eigenvalue weighted by atomic mass is 10.0. The molecule has 0 saturated carbocycles. The van der Waals surface area contributed by atoms with Gasteiger partial charge < -0.3 is 5.32 Å². The molecule has 0 fully saturated rings. The molecule has 15 heavy (non-hydrogen) atoms. The number of hydrogen-bond donors (Lipinski definition) is 1. The van der Waals surface area contributed by atoms with Gasteiger partial charge in [0.25, 0.3) is 0 Å². The zero-order valence-electron chi connectivity index (χ0n) is 9.20. The molecule has 1 aliphatic rings. The summed E-state index contributed by atoms with van der Waals surface area (Å²) in [6.07, 6.45) is 7.34. The molecule has 0 bridgehead atoms. The van der Waals surface area contributed by atoms with Gasteiger partial charge in [-0.3, -0.25) is 0 Å². The topological polar surface area (TPSA) is 24.9 Å². The van der Waals surface area contributed by atoms with E-state index in [1.54, 1.807) is 11.3 Å². The van der Waals surface area contributed by atoms with Crippen LogP contribution < -0.4 is 5.32 Å². The number of allylic oxidation sites excluding steroid dienone is 1. The van der Waals surface area contributed by atoms with Crippen LogP contribution >= 0.6 is 11.3 Å². The SMILES string of the molecule is CCCNC(C1=CCCC1)c1cscn1. The second-order valence-electron chi connectivity index (χ2n) is 3.97. The summed E-state index contributed by atoms with van der Waals surface area (Å²) in [5.74, 6) is 0. The van der Waals surface area contributed by atoms with Crippen molar-refractivity contribution in [1.29, 1.82) is 0 Å². The second-order valence-corrected chi connectivity index (χ2v) is 4.69. The van der Waals surface area contributed by atoms with Crippen LogP contribution in [-0.4, -0.2) is 11.5 Å². The molecule has 0 aliphatic heterocycles. The van der Waals surface area contributed by atoms with Crippen molar-refractivity contribution < 1.29 is 0 Å². The van der Waals surface area contributed by atoms with Crippen LogP contribution in [0, 0.1) is 0 Å². The molecule has 0 spiro atoms. The van der Waals surface area contributed by atoms with Gasteiger partial charge in [0.2, 0.25) is 0 Å². The molecule has 2 rings (SSSR count). The summed E-state index contributed by atoms with van der Waals surface area (Å²) in [5, 5.41) is 5.75. The van der Waals surface area contributed by atoms with E-state index < -0.39 is 0 Å². The zero-order valence-corrected chi connectivity index (χ0v) is 10.0. The molecule has 0 aromatic carbocycles. The maximum Gasteiger partial charge on any atom is 0.0795 e. The minimum absolute atomic E-state index is 0.374. The average molecular weight is 222 g/mol. The minimum atomic E-state index is 0.374. The first-order chi connectivity index (χ1) is 7.42. The average Bonchev–Trinajstić information content (AvgIpc) is 2.90. The van der Waals surface area contributed by atoms with Crippen LogP contribution in [0.25, 0.3) is 0 Å². The van der Waals surface area contributed by atoms with Gasteiger partial charge in [-0.1, -0.05) is 18.6 Å². The summed E-state index contributed by atoms with van der Waals surface area (Å²) in [5.41, 5.74) is 4.65. The van der Waals surface area contributed by atoms with E-state index in [9.17, 15) is 0 Å². The highest BCUT2D eigenvalue weighted by Gasteiger charge is 2.19. The summed E-state index contributed by atoms with van der Waals surface area (Å²) in [4.78, 5) is 4.43. The Hall–Kier alpha value is -0.670. The summed E-state index contributed by atoms with van der Waals surface area (Å²) in [6.45, 7) is 3.27. The van der Waals surface area contributed by atoms with Crippen molar-refractivity contribution in [2.24, 2.45) is 0 Å². The Labute approximate surface area is 95.4 Å². The van der Waals surface area contributed by atoms with E-state index in [0.717, 1.165) is 6.54 Å². The number of hydrogen-bond acceptors (Lipinski definition) is 3. The van der Waals surface area contributed by atoms with Crippen LogP contribution in [0.5, 0.6) is 0 Å². The van der Waals surface area contributed by atoms with Crippen molar-refractivity contribution in [2.45, 2.75) is 38.6 Å². The van der Waals surface area contributed by atoms with Gasteiger partial charge in [0.05, 0.1) is 17.2 Å². The lowest BCUT2D eigenvalue weighted by Crippen LogP contribution is -2.23. The van der Waals surface area contributed by atoms with E-state index in [1.165, 1.54) is 37.0 Å². The lowest BCUT2D eigenvalue weighted by molar-refractivity contribution is 0.569. The molecule has 1 N–H and O–H groups in total. The van der Waals surface area contributed by atoms with Crippen LogP contribution in [-0.2, 0) is 0 Å². The number of rotatable bonds is 5. The maximum atomic E-state index is 4.43. The first-order valence-electron chi connectivity index (χ1n) is 5.72. The third kappa shape index (κ3) is 2.67. The Balaban J connectivity index is 2.09. The van der Waals surface area contributed by atoms with Crippen molar-refractivity contribution in [3.63, 3.8) is 0 Å². The first kappa shape index (κ1) is 10.8. The van der Waals surface area contributed by atoms with Gasteiger partial charge in [0.15, 0.2) is 0 Å². The van der Waals surface area contributed by atoms with Crippen molar-refractivity contribution in [1.82, 2.24) is 10.3 Å².